The van der Waals surface area contributed by atoms with Gasteiger partial charge in [0.05, 0.1) is 49.3 Å². The molecule has 0 radical (unpaired) electrons. The average Bonchev–Trinajstić information content (AvgIpc) is 3.70. The van der Waals surface area contributed by atoms with Gasteiger partial charge in [-0.25, -0.2) is 29.5 Å². The molecule has 48 heavy (non-hydrogen) atoms. The number of ether oxygens (including phenoxy) is 3. The van der Waals surface area contributed by atoms with Gasteiger partial charge in [0.1, 0.15) is 34.9 Å². The van der Waals surface area contributed by atoms with Gasteiger partial charge in [0.2, 0.25) is 0 Å². The van der Waals surface area contributed by atoms with Crippen LogP contribution in [0.3, 0.4) is 0 Å². The molecule has 4 aromatic heterocycles. The van der Waals surface area contributed by atoms with Gasteiger partial charge in [0.15, 0.2) is 0 Å². The Labute approximate surface area is 278 Å². The van der Waals surface area contributed by atoms with Gasteiger partial charge in [-0.05, 0) is 48.5 Å². The maximum atomic E-state index is 11.8. The van der Waals surface area contributed by atoms with Crippen LogP contribution in [0.25, 0.3) is 43.9 Å². The van der Waals surface area contributed by atoms with Crippen LogP contribution in [0.5, 0.6) is 0 Å². The fourth-order valence-electron chi connectivity index (χ4n) is 5.72. The number of nitrogens with zero attached hydrogens (tertiary/aromatic N) is 5. The fourth-order valence-corrected chi connectivity index (χ4v) is 5.95. The minimum Gasteiger partial charge on any atom is -0.465 e. The van der Waals surface area contributed by atoms with Crippen molar-refractivity contribution in [2.45, 2.75) is 0 Å². The molecule has 0 atom stereocenters. The summed E-state index contributed by atoms with van der Waals surface area (Å²) in [5.41, 5.74) is 6.00. The first-order valence-electron chi connectivity index (χ1n) is 15.0. The van der Waals surface area contributed by atoms with Gasteiger partial charge >= 0.3 is 11.9 Å². The van der Waals surface area contributed by atoms with Gasteiger partial charge in [-0.1, -0.05) is 23.7 Å². The highest BCUT2D eigenvalue weighted by molar-refractivity contribution is 6.36. The molecule has 1 aliphatic rings. The predicted molar refractivity (Wildman–Crippen MR) is 183 cm³/mol. The molecule has 0 aliphatic carbocycles. The standard InChI is InChI=1S/C22H21N5O3.C12H8ClN3O2/c1-29-22(28)14-2-7-17-18(12-14)26-21-19(17)20(23-13-24-21)25-15-3-5-16(6-4-15)27-8-10-30-11-9-27;1-18-12(17)6-2-3-7-8(4-6)16-11-9(7)10(13)14-5-15-11/h2-7,12-13H,8-11H2,1H3,(H2,23,24,25,26);2-5H,1H3,(H,14,15,16). The maximum absolute atomic E-state index is 11.8. The zero-order valence-electron chi connectivity index (χ0n) is 25.9. The highest BCUT2D eigenvalue weighted by atomic mass is 35.5. The van der Waals surface area contributed by atoms with E-state index in [0.29, 0.717) is 33.4 Å². The first-order chi connectivity index (χ1) is 23.4. The number of halogens is 1. The smallest absolute Gasteiger partial charge is 0.337 e. The number of esters is 2. The molecule has 5 heterocycles. The normalized spacial score (nSPS) is 13.0. The van der Waals surface area contributed by atoms with E-state index in [1.165, 1.54) is 32.6 Å². The lowest BCUT2D eigenvalue weighted by atomic mass is 10.1. The summed E-state index contributed by atoms with van der Waals surface area (Å²) in [5.74, 6) is -0.0516. The SMILES string of the molecule is COC(=O)c1ccc2c(c1)[nH]c1ncnc(Cl)c12.COC(=O)c1ccc2c(c1)[nH]c1ncnc(Nc3ccc(N4CCOCC4)cc3)c12. The monoisotopic (exact) mass is 664 g/mol. The van der Waals surface area contributed by atoms with E-state index in [2.05, 4.69) is 57.0 Å². The van der Waals surface area contributed by atoms with Crippen LogP contribution in [0.15, 0.2) is 73.3 Å². The summed E-state index contributed by atoms with van der Waals surface area (Å²) in [6, 6.07) is 18.9. The molecule has 3 N–H and O–H groups in total. The van der Waals surface area contributed by atoms with Crippen LogP contribution in [0, 0.1) is 0 Å². The molecule has 14 heteroatoms. The molecule has 13 nitrogen and oxygen atoms in total. The van der Waals surface area contributed by atoms with Crippen molar-refractivity contribution in [3.05, 3.63) is 89.6 Å². The average molecular weight is 665 g/mol. The summed E-state index contributed by atoms with van der Waals surface area (Å²) < 4.78 is 14.9. The third-order valence-electron chi connectivity index (χ3n) is 8.08. The summed E-state index contributed by atoms with van der Waals surface area (Å²) in [6.07, 6.45) is 2.91. The molecule has 1 fully saturated rings. The number of nitrogens with one attached hydrogen (secondary N) is 3. The lowest BCUT2D eigenvalue weighted by molar-refractivity contribution is 0.0592. The summed E-state index contributed by atoms with van der Waals surface area (Å²) in [6.45, 7) is 3.33. The molecule has 242 valence electrons. The first kappa shape index (κ1) is 30.8. The first-order valence-corrected chi connectivity index (χ1v) is 15.4. The van der Waals surface area contributed by atoms with Crippen molar-refractivity contribution in [3.63, 3.8) is 0 Å². The number of hydrogen-bond donors (Lipinski definition) is 3. The van der Waals surface area contributed by atoms with Crippen LogP contribution in [-0.4, -0.2) is 82.4 Å². The number of aromatic amines is 2. The minimum atomic E-state index is -0.382. The van der Waals surface area contributed by atoms with E-state index >= 15 is 0 Å². The molecule has 3 aromatic carbocycles. The van der Waals surface area contributed by atoms with Gasteiger partial charge in [-0.2, -0.15) is 0 Å². The lowest BCUT2D eigenvalue weighted by Gasteiger charge is -2.28. The Bertz CT molecular complexity index is 2300. The second kappa shape index (κ2) is 13.1. The summed E-state index contributed by atoms with van der Waals surface area (Å²) in [4.78, 5) is 48.8. The predicted octanol–water partition coefficient (Wildman–Crippen LogP) is 6.03. The van der Waals surface area contributed by atoms with Crippen molar-refractivity contribution in [1.29, 1.82) is 0 Å². The number of methoxy groups -OCH3 is 2. The zero-order valence-corrected chi connectivity index (χ0v) is 26.7. The van der Waals surface area contributed by atoms with Gasteiger partial charge < -0.3 is 34.4 Å². The number of anilines is 3. The molecule has 7 aromatic rings. The number of benzene rings is 3. The van der Waals surface area contributed by atoms with Crippen molar-refractivity contribution in [2.75, 3.05) is 50.7 Å². The van der Waals surface area contributed by atoms with Gasteiger partial charge in [-0.15, -0.1) is 0 Å². The Morgan fingerprint density at radius 1 is 0.771 bits per heavy atom. The number of H-pyrrole nitrogens is 2. The largest absolute Gasteiger partial charge is 0.465 e. The van der Waals surface area contributed by atoms with Crippen molar-refractivity contribution in [2.24, 2.45) is 0 Å². The maximum Gasteiger partial charge on any atom is 0.337 e. The summed E-state index contributed by atoms with van der Waals surface area (Å²) >= 11 is 6.04. The Hall–Kier alpha value is -5.79. The second-order valence-corrected chi connectivity index (χ2v) is 11.2. The van der Waals surface area contributed by atoms with Gasteiger partial charge in [0, 0.05) is 46.3 Å². The van der Waals surface area contributed by atoms with E-state index in [0.717, 1.165) is 64.6 Å². The second-order valence-electron chi connectivity index (χ2n) is 10.9. The van der Waals surface area contributed by atoms with Crippen LogP contribution >= 0.6 is 11.6 Å². The molecule has 0 bridgehead atoms. The van der Waals surface area contributed by atoms with Crippen LogP contribution in [0.4, 0.5) is 17.2 Å². The molecule has 0 unspecified atom stereocenters. The molecule has 1 aliphatic heterocycles. The van der Waals surface area contributed by atoms with Crippen LogP contribution in [-0.2, 0) is 14.2 Å². The number of fused-ring (bicyclic) bond motifs is 6. The van der Waals surface area contributed by atoms with E-state index < -0.39 is 0 Å². The van der Waals surface area contributed by atoms with Crippen LogP contribution in [0.1, 0.15) is 20.7 Å². The van der Waals surface area contributed by atoms with Crippen LogP contribution in [0.2, 0.25) is 5.15 Å². The molecule has 0 spiro atoms. The number of rotatable bonds is 5. The molecule has 1 saturated heterocycles. The minimum absolute atomic E-state index is 0.375. The van der Waals surface area contributed by atoms with E-state index in [1.54, 1.807) is 30.3 Å². The number of aromatic nitrogens is 6. The Morgan fingerprint density at radius 3 is 1.94 bits per heavy atom. The highest BCUT2D eigenvalue weighted by Crippen LogP contribution is 2.32. The van der Waals surface area contributed by atoms with Gasteiger partial charge in [-0.3, -0.25) is 0 Å². The number of morpholine rings is 1. The highest BCUT2D eigenvalue weighted by Gasteiger charge is 2.16. The van der Waals surface area contributed by atoms with Crippen molar-refractivity contribution in [1.82, 2.24) is 29.9 Å². The topological polar surface area (TPSA) is 160 Å². The van der Waals surface area contributed by atoms with E-state index in [1.807, 2.05) is 18.2 Å². The Balaban J connectivity index is 0.000000172. The number of hydrogen-bond acceptors (Lipinski definition) is 11. The summed E-state index contributed by atoms with van der Waals surface area (Å²) in [5, 5.41) is 7.23. The molecular weight excluding hydrogens is 636 g/mol. The molecule has 0 saturated carbocycles. The molecule has 0 amide bonds. The van der Waals surface area contributed by atoms with E-state index in [9.17, 15) is 9.59 Å². The third kappa shape index (κ3) is 5.92. The van der Waals surface area contributed by atoms with E-state index in [4.69, 9.17) is 21.1 Å². The Morgan fingerprint density at radius 2 is 1.33 bits per heavy atom. The van der Waals surface area contributed by atoms with Crippen molar-refractivity contribution >= 4 is 84.6 Å². The van der Waals surface area contributed by atoms with Crippen molar-refractivity contribution in [3.8, 4) is 0 Å². The molecule has 8 rings (SSSR count). The quantitative estimate of drug-likeness (QED) is 0.146. The fraction of sp³-hybridized carbons (Fsp3) is 0.176. The summed E-state index contributed by atoms with van der Waals surface area (Å²) in [7, 11) is 2.72. The number of carbonyl (C=O) groups excluding carboxylic acids is 2. The third-order valence-corrected chi connectivity index (χ3v) is 8.37. The zero-order chi connectivity index (χ0) is 33.2. The Kier molecular flexibility index (Phi) is 8.44. The van der Waals surface area contributed by atoms with E-state index in [-0.39, 0.29) is 11.9 Å². The molecular formula is C34H29ClN8O5. The van der Waals surface area contributed by atoms with Crippen LogP contribution < -0.4 is 10.2 Å². The van der Waals surface area contributed by atoms with Crippen molar-refractivity contribution < 1.29 is 23.8 Å². The number of carbonyl (C=O) groups is 2. The van der Waals surface area contributed by atoms with Gasteiger partial charge in [0.25, 0.3) is 0 Å². The lowest BCUT2D eigenvalue weighted by Crippen LogP contribution is -2.36.